The predicted molar refractivity (Wildman–Crippen MR) is 210 cm³/mol. The van der Waals surface area contributed by atoms with Gasteiger partial charge in [-0.3, -0.25) is 14.5 Å². The second-order valence-electron chi connectivity index (χ2n) is 12.4. The van der Waals surface area contributed by atoms with Crippen molar-refractivity contribution in [1.82, 2.24) is 4.90 Å². The average Bonchev–Trinajstić information content (AvgIpc) is 3.47. The van der Waals surface area contributed by atoms with E-state index in [0.717, 1.165) is 25.1 Å². The van der Waals surface area contributed by atoms with E-state index in [1.165, 1.54) is 4.90 Å². The Morgan fingerprint density at radius 3 is 1.21 bits per heavy atom. The number of unbranched alkanes of at least 4 members (excludes halogenated alkanes) is 1. The first-order chi connectivity index (χ1) is 28.1. The van der Waals surface area contributed by atoms with E-state index in [2.05, 4.69) is 12.2 Å². The third-order valence-electron chi connectivity index (χ3n) is 8.13. The number of esters is 1. The summed E-state index contributed by atoms with van der Waals surface area (Å²) in [5, 5.41) is 3.32. The van der Waals surface area contributed by atoms with Crippen LogP contribution in [0, 0.1) is 0 Å². The standard InChI is InChI=1S/C41H62N2O14/c1-2-3-12-42-36-10-8-35(9-11-36)41(46)57-34-33-56-32-31-55-30-29-54-28-27-53-26-25-52-24-23-51-22-21-50-20-19-49-18-17-48-16-15-47-14-13-43-39(44)37-6-4-5-7-38(37)40(43)45/h4-11,42H,2-3,12-34H2,1H3. The normalized spacial score (nSPS) is 12.4. The number of rotatable bonds is 38. The average molecular weight is 807 g/mol. The Morgan fingerprint density at radius 1 is 0.491 bits per heavy atom. The molecule has 0 fully saturated rings. The number of amides is 2. The molecule has 1 heterocycles. The fraction of sp³-hybridized carbons (Fsp3) is 0.634. The first-order valence-electron chi connectivity index (χ1n) is 19.9. The van der Waals surface area contributed by atoms with E-state index in [1.54, 1.807) is 36.4 Å². The smallest absolute Gasteiger partial charge is 0.338 e. The number of fused-ring (bicyclic) bond motifs is 1. The van der Waals surface area contributed by atoms with Crippen molar-refractivity contribution in [2.75, 3.05) is 157 Å². The Hall–Kier alpha value is -3.55. The molecule has 0 bridgehead atoms. The molecule has 0 spiro atoms. The van der Waals surface area contributed by atoms with Gasteiger partial charge < -0.3 is 57.4 Å². The highest BCUT2D eigenvalue weighted by molar-refractivity contribution is 6.21. The van der Waals surface area contributed by atoms with Crippen LogP contribution in [0.3, 0.4) is 0 Å². The number of carbonyl (C=O) groups excluding carboxylic acids is 3. The second-order valence-corrected chi connectivity index (χ2v) is 12.4. The van der Waals surface area contributed by atoms with Crippen molar-refractivity contribution in [2.24, 2.45) is 0 Å². The molecule has 320 valence electrons. The quantitative estimate of drug-likeness (QED) is 0.0594. The van der Waals surface area contributed by atoms with Gasteiger partial charge in [0.15, 0.2) is 0 Å². The fourth-order valence-electron chi connectivity index (χ4n) is 5.09. The summed E-state index contributed by atoms with van der Waals surface area (Å²) in [6, 6.07) is 14.1. The fourth-order valence-corrected chi connectivity index (χ4v) is 5.09. The van der Waals surface area contributed by atoms with Crippen LogP contribution < -0.4 is 5.32 Å². The highest BCUT2D eigenvalue weighted by Gasteiger charge is 2.34. The lowest BCUT2D eigenvalue weighted by Gasteiger charge is -2.13. The molecule has 2 aromatic rings. The summed E-state index contributed by atoms with van der Waals surface area (Å²) in [5.74, 6) is -0.932. The molecule has 3 rings (SSSR count). The van der Waals surface area contributed by atoms with Crippen molar-refractivity contribution in [3.63, 3.8) is 0 Å². The number of ether oxygens (including phenoxy) is 11. The second kappa shape index (κ2) is 32.4. The molecular weight excluding hydrogens is 744 g/mol. The largest absolute Gasteiger partial charge is 0.460 e. The molecule has 57 heavy (non-hydrogen) atoms. The molecule has 1 aliphatic rings. The van der Waals surface area contributed by atoms with E-state index < -0.39 is 0 Å². The summed E-state index contributed by atoms with van der Waals surface area (Å²) < 4.78 is 60.1. The van der Waals surface area contributed by atoms with Gasteiger partial charge in [-0.2, -0.15) is 0 Å². The van der Waals surface area contributed by atoms with E-state index in [4.69, 9.17) is 52.1 Å². The van der Waals surface area contributed by atoms with Crippen LogP contribution in [-0.4, -0.2) is 175 Å². The van der Waals surface area contributed by atoms with E-state index in [9.17, 15) is 14.4 Å². The molecule has 2 amide bonds. The van der Waals surface area contributed by atoms with Crippen molar-refractivity contribution in [1.29, 1.82) is 0 Å². The van der Waals surface area contributed by atoms with Gasteiger partial charge in [-0.05, 0) is 42.8 Å². The zero-order valence-electron chi connectivity index (χ0n) is 33.5. The summed E-state index contributed by atoms with van der Waals surface area (Å²) >= 11 is 0. The number of anilines is 1. The van der Waals surface area contributed by atoms with E-state index in [0.29, 0.717) is 142 Å². The maximum atomic E-state index is 12.3. The number of nitrogens with one attached hydrogen (secondary N) is 1. The molecular formula is C41H62N2O14. The SMILES string of the molecule is CCCCNc1ccc(C(=O)OCCOCCOCCOCCOCCOCCOCCOCCOCCOCCOCCN2C(=O)c3ccccc3C2=O)cc1. The van der Waals surface area contributed by atoms with Crippen molar-refractivity contribution in [2.45, 2.75) is 19.8 Å². The van der Waals surface area contributed by atoms with Crippen molar-refractivity contribution in [3.05, 3.63) is 65.2 Å². The van der Waals surface area contributed by atoms with Crippen LogP contribution in [0.5, 0.6) is 0 Å². The number of imide groups is 1. The van der Waals surface area contributed by atoms with Crippen molar-refractivity contribution in [3.8, 4) is 0 Å². The highest BCUT2D eigenvalue weighted by atomic mass is 16.6. The summed E-state index contributed by atoms with van der Waals surface area (Å²) in [7, 11) is 0. The van der Waals surface area contributed by atoms with Gasteiger partial charge in [0, 0.05) is 12.2 Å². The first kappa shape index (κ1) is 47.8. The number of benzene rings is 2. The number of hydrogen-bond donors (Lipinski definition) is 1. The lowest BCUT2D eigenvalue weighted by Crippen LogP contribution is -2.33. The number of nitrogens with zero attached hydrogens (tertiary/aromatic N) is 1. The van der Waals surface area contributed by atoms with Crippen LogP contribution in [0.25, 0.3) is 0 Å². The summed E-state index contributed by atoms with van der Waals surface area (Å²) in [6.07, 6.45) is 2.23. The van der Waals surface area contributed by atoms with E-state index in [-0.39, 0.29) is 37.5 Å². The molecule has 16 nitrogen and oxygen atoms in total. The molecule has 0 radical (unpaired) electrons. The molecule has 1 aliphatic heterocycles. The molecule has 0 atom stereocenters. The van der Waals surface area contributed by atoms with Crippen LogP contribution in [0.1, 0.15) is 50.8 Å². The van der Waals surface area contributed by atoms with Crippen LogP contribution in [0.2, 0.25) is 0 Å². The predicted octanol–water partition coefficient (Wildman–Crippen LogP) is 3.52. The summed E-state index contributed by atoms with van der Waals surface area (Å²) in [5.41, 5.74) is 2.38. The van der Waals surface area contributed by atoms with Crippen LogP contribution in [0.4, 0.5) is 5.69 Å². The minimum absolute atomic E-state index is 0.181. The summed E-state index contributed by atoms with van der Waals surface area (Å²) in [6.45, 7) is 12.0. The molecule has 16 heteroatoms. The van der Waals surface area contributed by atoms with Gasteiger partial charge in [-0.1, -0.05) is 25.5 Å². The lowest BCUT2D eigenvalue weighted by atomic mass is 10.1. The Kier molecular flexibility index (Phi) is 27.2. The topological polar surface area (TPSA) is 168 Å². The third kappa shape index (κ3) is 21.7. The zero-order valence-corrected chi connectivity index (χ0v) is 33.5. The number of carbonyl (C=O) groups is 3. The molecule has 0 unspecified atom stereocenters. The van der Waals surface area contributed by atoms with Gasteiger partial charge in [-0.25, -0.2) is 4.79 Å². The van der Waals surface area contributed by atoms with Crippen LogP contribution in [0.15, 0.2) is 48.5 Å². The zero-order chi connectivity index (χ0) is 40.4. The van der Waals surface area contributed by atoms with Crippen LogP contribution >= 0.6 is 0 Å². The molecule has 1 N–H and O–H groups in total. The molecule has 0 saturated heterocycles. The number of hydrogen-bond acceptors (Lipinski definition) is 15. The highest BCUT2D eigenvalue weighted by Crippen LogP contribution is 2.21. The molecule has 2 aromatic carbocycles. The van der Waals surface area contributed by atoms with E-state index >= 15 is 0 Å². The molecule has 0 aromatic heterocycles. The third-order valence-corrected chi connectivity index (χ3v) is 8.13. The van der Waals surface area contributed by atoms with Gasteiger partial charge in [0.1, 0.15) is 6.61 Å². The van der Waals surface area contributed by atoms with Crippen molar-refractivity contribution < 1.29 is 66.5 Å². The monoisotopic (exact) mass is 806 g/mol. The Bertz CT molecular complexity index is 1310. The minimum atomic E-state index is -0.368. The first-order valence-corrected chi connectivity index (χ1v) is 19.9. The Labute approximate surface area is 336 Å². The van der Waals surface area contributed by atoms with Crippen molar-refractivity contribution >= 4 is 23.5 Å². The maximum Gasteiger partial charge on any atom is 0.338 e. The van der Waals surface area contributed by atoms with Gasteiger partial charge in [0.2, 0.25) is 0 Å². The molecule has 0 aliphatic carbocycles. The maximum absolute atomic E-state index is 12.3. The van der Waals surface area contributed by atoms with Gasteiger partial charge in [-0.15, -0.1) is 0 Å². The minimum Gasteiger partial charge on any atom is -0.460 e. The van der Waals surface area contributed by atoms with Gasteiger partial charge in [0.05, 0.1) is 155 Å². The summed E-state index contributed by atoms with van der Waals surface area (Å²) in [4.78, 5) is 38.0. The van der Waals surface area contributed by atoms with Crippen LogP contribution in [-0.2, 0) is 52.1 Å². The Morgan fingerprint density at radius 2 is 0.842 bits per heavy atom. The lowest BCUT2D eigenvalue weighted by molar-refractivity contribution is -0.0272. The van der Waals surface area contributed by atoms with E-state index in [1.807, 2.05) is 12.1 Å². The van der Waals surface area contributed by atoms with Gasteiger partial charge in [0.25, 0.3) is 11.8 Å². The molecule has 0 saturated carbocycles. The van der Waals surface area contributed by atoms with Gasteiger partial charge >= 0.3 is 5.97 Å². The Balaban J connectivity index is 0.929.